The van der Waals surface area contributed by atoms with Crippen LogP contribution < -0.4 is 11.1 Å². The predicted octanol–water partition coefficient (Wildman–Crippen LogP) is -1.84. The molecule has 0 amide bonds. The minimum absolute atomic E-state index is 0. The number of nitrogens with one attached hydrogen (secondary N) is 2. The fourth-order valence-electron chi connectivity index (χ4n) is 1.19. The summed E-state index contributed by atoms with van der Waals surface area (Å²) in [5.41, 5.74) is 4.54. The topological polar surface area (TPSA) is 165 Å². The Hall–Kier alpha value is -0.730. The fraction of sp³-hybridized carbons (Fsp3) is 0.900. The van der Waals surface area contributed by atoms with Gasteiger partial charge in [-0.2, -0.15) is 0 Å². The molecule has 106 valence electrons. The van der Waals surface area contributed by atoms with E-state index in [-0.39, 0.29) is 17.6 Å². The maximum atomic E-state index is 9.61. The maximum Gasteiger partial charge on any atom is 0.0999 e. The van der Waals surface area contributed by atoms with Gasteiger partial charge in [0.2, 0.25) is 0 Å². The SMILES string of the molecule is CC(=N)NCCCC[C@H](N)C(C)(O)CO.O.O. The van der Waals surface area contributed by atoms with Crippen molar-refractivity contribution in [2.75, 3.05) is 13.2 Å². The van der Waals surface area contributed by atoms with Gasteiger partial charge in [-0.25, -0.2) is 0 Å². The van der Waals surface area contributed by atoms with E-state index in [0.717, 1.165) is 19.4 Å². The molecule has 0 aliphatic heterocycles. The third-order valence-electron chi connectivity index (χ3n) is 2.45. The monoisotopic (exact) mass is 253 g/mol. The first-order valence-corrected chi connectivity index (χ1v) is 5.28. The molecule has 0 aliphatic rings. The molecule has 0 saturated carbocycles. The van der Waals surface area contributed by atoms with Gasteiger partial charge in [0.1, 0.15) is 0 Å². The van der Waals surface area contributed by atoms with E-state index in [1.54, 1.807) is 6.92 Å². The summed E-state index contributed by atoms with van der Waals surface area (Å²) in [6.07, 6.45) is 2.45. The summed E-state index contributed by atoms with van der Waals surface area (Å²) < 4.78 is 0. The lowest BCUT2D eigenvalue weighted by atomic mass is 9.94. The molecule has 0 aromatic carbocycles. The quantitative estimate of drug-likeness (QED) is 0.204. The van der Waals surface area contributed by atoms with Crippen LogP contribution in [0.2, 0.25) is 0 Å². The molecule has 0 aliphatic carbocycles. The minimum Gasteiger partial charge on any atom is -0.412 e. The zero-order chi connectivity index (χ0) is 11.9. The van der Waals surface area contributed by atoms with Crippen molar-refractivity contribution in [2.45, 2.75) is 44.8 Å². The Kier molecular flexibility index (Phi) is 13.2. The molecule has 7 heteroatoms. The second-order valence-corrected chi connectivity index (χ2v) is 4.17. The van der Waals surface area contributed by atoms with Gasteiger partial charge in [-0.1, -0.05) is 6.42 Å². The average molecular weight is 253 g/mol. The van der Waals surface area contributed by atoms with Crippen LogP contribution in [0.1, 0.15) is 33.1 Å². The number of hydrogen-bond donors (Lipinski definition) is 5. The number of unbranched alkanes of at least 4 members (excludes halogenated alkanes) is 1. The van der Waals surface area contributed by atoms with Crippen molar-refractivity contribution >= 4 is 5.84 Å². The van der Waals surface area contributed by atoms with Crippen LogP contribution in [-0.2, 0) is 0 Å². The second kappa shape index (κ2) is 10.4. The first-order valence-electron chi connectivity index (χ1n) is 5.28. The highest BCUT2D eigenvalue weighted by molar-refractivity contribution is 5.75. The standard InChI is InChI=1S/C10H23N3O2.2H2O/c1-8(11)13-6-4-3-5-9(12)10(2,15)7-14;;/h9,14-15H,3-7,12H2,1-2H3,(H2,11,13);2*1H2/t9-,10?;;/m0../s1. The van der Waals surface area contributed by atoms with E-state index in [0.29, 0.717) is 12.3 Å². The molecule has 0 rings (SSSR count). The number of nitrogens with two attached hydrogens (primary N) is 1. The van der Waals surface area contributed by atoms with E-state index in [1.807, 2.05) is 0 Å². The summed E-state index contributed by atoms with van der Waals surface area (Å²) in [6, 6.07) is -0.399. The van der Waals surface area contributed by atoms with Crippen molar-refractivity contribution in [2.24, 2.45) is 5.73 Å². The van der Waals surface area contributed by atoms with Crippen LogP contribution >= 0.6 is 0 Å². The normalized spacial score (nSPS) is 14.9. The van der Waals surface area contributed by atoms with Crippen LogP contribution in [0.3, 0.4) is 0 Å². The Balaban J connectivity index is -0.000000980. The molecular formula is C10H27N3O4. The van der Waals surface area contributed by atoms with Crippen molar-refractivity contribution in [1.29, 1.82) is 5.41 Å². The molecule has 17 heavy (non-hydrogen) atoms. The lowest BCUT2D eigenvalue weighted by Gasteiger charge is -2.27. The van der Waals surface area contributed by atoms with Gasteiger partial charge in [-0.15, -0.1) is 0 Å². The number of hydrogen-bond acceptors (Lipinski definition) is 4. The highest BCUT2D eigenvalue weighted by atomic mass is 16.3. The Morgan fingerprint density at radius 3 is 2.35 bits per heavy atom. The van der Waals surface area contributed by atoms with E-state index in [2.05, 4.69) is 5.32 Å². The maximum absolute atomic E-state index is 9.61. The van der Waals surface area contributed by atoms with Gasteiger partial charge in [0, 0.05) is 12.6 Å². The highest BCUT2D eigenvalue weighted by Crippen LogP contribution is 2.12. The molecule has 0 fully saturated rings. The zero-order valence-electron chi connectivity index (χ0n) is 10.6. The van der Waals surface area contributed by atoms with Crippen LogP contribution in [0, 0.1) is 5.41 Å². The molecule has 2 atom stereocenters. The molecule has 10 N–H and O–H groups in total. The minimum atomic E-state index is -1.19. The van der Waals surface area contributed by atoms with Crippen LogP contribution in [0.25, 0.3) is 0 Å². The van der Waals surface area contributed by atoms with E-state index in [1.165, 1.54) is 6.92 Å². The van der Waals surface area contributed by atoms with Crippen molar-refractivity contribution < 1.29 is 21.2 Å². The van der Waals surface area contributed by atoms with Gasteiger partial charge < -0.3 is 32.2 Å². The number of rotatable bonds is 7. The van der Waals surface area contributed by atoms with Gasteiger partial charge in [0.15, 0.2) is 0 Å². The Bertz CT molecular complexity index is 200. The summed E-state index contributed by atoms with van der Waals surface area (Å²) in [4.78, 5) is 0. The van der Waals surface area contributed by atoms with Gasteiger partial charge in [0.05, 0.1) is 18.0 Å². The second-order valence-electron chi connectivity index (χ2n) is 4.17. The van der Waals surface area contributed by atoms with Crippen molar-refractivity contribution in [3.63, 3.8) is 0 Å². The van der Waals surface area contributed by atoms with E-state index in [9.17, 15) is 5.11 Å². The smallest absolute Gasteiger partial charge is 0.0999 e. The summed E-state index contributed by atoms with van der Waals surface area (Å²) in [6.45, 7) is 3.68. The van der Waals surface area contributed by atoms with E-state index in [4.69, 9.17) is 16.2 Å². The molecule has 0 radical (unpaired) electrons. The van der Waals surface area contributed by atoms with E-state index < -0.39 is 11.6 Å². The van der Waals surface area contributed by atoms with Gasteiger partial charge >= 0.3 is 0 Å². The van der Waals surface area contributed by atoms with Crippen molar-refractivity contribution in [1.82, 2.24) is 5.32 Å². The molecule has 0 aromatic rings. The molecule has 0 spiro atoms. The summed E-state index contributed by atoms with van der Waals surface area (Å²) in [5.74, 6) is 0.460. The highest BCUT2D eigenvalue weighted by Gasteiger charge is 2.27. The molecule has 7 nitrogen and oxygen atoms in total. The van der Waals surface area contributed by atoms with Crippen LogP contribution in [-0.4, -0.2) is 51.8 Å². The molecule has 0 saturated heterocycles. The zero-order valence-corrected chi connectivity index (χ0v) is 10.6. The lowest BCUT2D eigenvalue weighted by Crippen LogP contribution is -2.48. The van der Waals surface area contributed by atoms with Crippen LogP contribution in [0.4, 0.5) is 0 Å². The third-order valence-corrected chi connectivity index (χ3v) is 2.45. The third kappa shape index (κ3) is 10.2. The average Bonchev–Trinajstić information content (AvgIpc) is 2.16. The molecule has 1 unspecified atom stereocenters. The van der Waals surface area contributed by atoms with Crippen LogP contribution in [0.5, 0.6) is 0 Å². The Morgan fingerprint density at radius 1 is 1.41 bits per heavy atom. The van der Waals surface area contributed by atoms with E-state index >= 15 is 0 Å². The molecule has 0 aromatic heterocycles. The summed E-state index contributed by atoms with van der Waals surface area (Å²) in [7, 11) is 0. The number of aliphatic hydroxyl groups is 2. The summed E-state index contributed by atoms with van der Waals surface area (Å²) in [5, 5.41) is 28.5. The molecular weight excluding hydrogens is 226 g/mol. The van der Waals surface area contributed by atoms with Crippen LogP contribution in [0.15, 0.2) is 0 Å². The number of amidine groups is 1. The molecule has 0 heterocycles. The number of aliphatic hydroxyl groups excluding tert-OH is 1. The van der Waals surface area contributed by atoms with Gasteiger partial charge in [0.25, 0.3) is 0 Å². The van der Waals surface area contributed by atoms with Gasteiger partial charge in [-0.05, 0) is 26.7 Å². The first-order chi connectivity index (χ1) is 6.90. The molecule has 0 bridgehead atoms. The largest absolute Gasteiger partial charge is 0.412 e. The Labute approximate surface area is 102 Å². The fourth-order valence-corrected chi connectivity index (χ4v) is 1.19. The lowest BCUT2D eigenvalue weighted by molar-refractivity contribution is -0.0215. The summed E-state index contributed by atoms with van der Waals surface area (Å²) >= 11 is 0. The predicted molar refractivity (Wildman–Crippen MR) is 68.2 cm³/mol. The first kappa shape index (κ1) is 21.5. The van der Waals surface area contributed by atoms with Gasteiger partial charge in [-0.3, -0.25) is 5.41 Å². The van der Waals surface area contributed by atoms with Crippen molar-refractivity contribution in [3.05, 3.63) is 0 Å². The van der Waals surface area contributed by atoms with Crippen molar-refractivity contribution in [3.8, 4) is 0 Å². The Morgan fingerprint density at radius 2 is 1.94 bits per heavy atom.